The molecule has 5 heteroatoms. The second-order valence-corrected chi connectivity index (χ2v) is 5.52. The number of aliphatic hydroxyl groups excluding tert-OH is 1. The highest BCUT2D eigenvalue weighted by Crippen LogP contribution is 2.20. The van der Waals surface area contributed by atoms with E-state index in [0.717, 1.165) is 31.2 Å². The van der Waals surface area contributed by atoms with Crippen molar-refractivity contribution >= 4 is 17.3 Å². The van der Waals surface area contributed by atoms with E-state index in [-0.39, 0.29) is 0 Å². The summed E-state index contributed by atoms with van der Waals surface area (Å²) >= 11 is 6.03. The zero-order valence-corrected chi connectivity index (χ0v) is 12.7. The lowest BCUT2D eigenvalue weighted by Gasteiger charge is -2.36. The molecule has 1 heterocycles. The number of hydrogen-bond donors (Lipinski definition) is 1. The van der Waals surface area contributed by atoms with Gasteiger partial charge >= 0.3 is 0 Å². The number of β-amino-alcohol motifs (C(OH)–C–C–N with tert-alkyl or cyclic N) is 1. The molecule has 2 rings (SSSR count). The quantitative estimate of drug-likeness (QED) is 0.870. The fraction of sp³-hybridized carbons (Fsp3) is 0.600. The Labute approximate surface area is 125 Å². The summed E-state index contributed by atoms with van der Waals surface area (Å²) in [7, 11) is 0. The van der Waals surface area contributed by atoms with Crippen LogP contribution in [0.2, 0.25) is 5.02 Å². The summed E-state index contributed by atoms with van der Waals surface area (Å²) < 4.78 is 5.24. The molecule has 1 unspecified atom stereocenters. The molecule has 112 valence electrons. The van der Waals surface area contributed by atoms with E-state index in [0.29, 0.717) is 19.8 Å². The minimum absolute atomic E-state index is 0.396. The highest BCUT2D eigenvalue weighted by Gasteiger charge is 2.19. The van der Waals surface area contributed by atoms with E-state index in [2.05, 4.69) is 15.9 Å². The first-order chi connectivity index (χ1) is 9.69. The molecule has 0 bridgehead atoms. The van der Waals surface area contributed by atoms with Gasteiger partial charge in [-0.1, -0.05) is 17.7 Å². The Morgan fingerprint density at radius 2 is 2.05 bits per heavy atom. The van der Waals surface area contributed by atoms with Crippen LogP contribution in [-0.2, 0) is 4.74 Å². The van der Waals surface area contributed by atoms with Crippen molar-refractivity contribution in [3.8, 4) is 0 Å². The van der Waals surface area contributed by atoms with Crippen molar-refractivity contribution in [2.75, 3.05) is 50.8 Å². The van der Waals surface area contributed by atoms with E-state index in [1.165, 1.54) is 5.69 Å². The third-order valence-electron chi connectivity index (χ3n) is 3.53. The minimum atomic E-state index is -0.396. The molecule has 1 fully saturated rings. The molecule has 20 heavy (non-hydrogen) atoms. The van der Waals surface area contributed by atoms with Crippen LogP contribution in [0.4, 0.5) is 5.69 Å². The second-order valence-electron chi connectivity index (χ2n) is 5.08. The average Bonchev–Trinajstić information content (AvgIpc) is 2.46. The molecular weight excluding hydrogens is 276 g/mol. The minimum Gasteiger partial charge on any atom is -0.389 e. The van der Waals surface area contributed by atoms with Gasteiger partial charge < -0.3 is 14.7 Å². The number of benzene rings is 1. The van der Waals surface area contributed by atoms with Gasteiger partial charge in [0.1, 0.15) is 0 Å². The zero-order valence-electron chi connectivity index (χ0n) is 12.0. The molecule has 1 aliphatic rings. The predicted octanol–water partition coefficient (Wildman–Crippen LogP) is 1.86. The number of halogens is 1. The fourth-order valence-electron chi connectivity index (χ4n) is 2.47. The Bertz CT molecular complexity index is 409. The van der Waals surface area contributed by atoms with Gasteiger partial charge in [0.15, 0.2) is 0 Å². The molecule has 0 amide bonds. The summed E-state index contributed by atoms with van der Waals surface area (Å²) in [5, 5.41) is 10.6. The standard InChI is InChI=1S/C15H23ClN2O2/c1-2-20-12-15(19)11-17-6-8-18(9-7-17)14-5-3-4-13(16)10-14/h3-5,10,15,19H,2,6-9,11-12H2,1H3. The van der Waals surface area contributed by atoms with Gasteiger partial charge in [-0.3, -0.25) is 4.90 Å². The summed E-state index contributed by atoms with van der Waals surface area (Å²) in [5.74, 6) is 0. The van der Waals surface area contributed by atoms with Crippen LogP contribution < -0.4 is 4.90 Å². The first-order valence-electron chi connectivity index (χ1n) is 7.17. The van der Waals surface area contributed by atoms with Crippen LogP contribution in [0.1, 0.15) is 6.92 Å². The lowest BCUT2D eigenvalue weighted by atomic mass is 10.2. The Kier molecular flexibility index (Phi) is 6.10. The summed E-state index contributed by atoms with van der Waals surface area (Å²) in [6.07, 6.45) is -0.396. The van der Waals surface area contributed by atoms with Gasteiger partial charge in [-0.05, 0) is 25.1 Å². The van der Waals surface area contributed by atoms with Gasteiger partial charge in [0.05, 0.1) is 12.7 Å². The molecule has 0 saturated carbocycles. The maximum Gasteiger partial charge on any atom is 0.0900 e. The van der Waals surface area contributed by atoms with Crippen LogP contribution in [0, 0.1) is 0 Å². The first-order valence-corrected chi connectivity index (χ1v) is 7.55. The largest absolute Gasteiger partial charge is 0.389 e. The van der Waals surface area contributed by atoms with Gasteiger partial charge in [-0.15, -0.1) is 0 Å². The molecule has 1 saturated heterocycles. The van der Waals surface area contributed by atoms with E-state index < -0.39 is 6.10 Å². The number of rotatable bonds is 6. The molecule has 0 spiro atoms. The van der Waals surface area contributed by atoms with E-state index in [1.54, 1.807) is 0 Å². The van der Waals surface area contributed by atoms with Crippen molar-refractivity contribution in [3.05, 3.63) is 29.3 Å². The molecule has 4 nitrogen and oxygen atoms in total. The SMILES string of the molecule is CCOCC(O)CN1CCN(c2cccc(Cl)c2)CC1. The predicted molar refractivity (Wildman–Crippen MR) is 82.6 cm³/mol. The third-order valence-corrected chi connectivity index (χ3v) is 3.76. The van der Waals surface area contributed by atoms with Crippen molar-refractivity contribution in [2.45, 2.75) is 13.0 Å². The van der Waals surface area contributed by atoms with Crippen LogP contribution in [0.15, 0.2) is 24.3 Å². The van der Waals surface area contributed by atoms with Gasteiger partial charge in [0, 0.05) is 50.0 Å². The highest BCUT2D eigenvalue weighted by molar-refractivity contribution is 6.30. The summed E-state index contributed by atoms with van der Waals surface area (Å²) in [4.78, 5) is 4.61. The average molecular weight is 299 g/mol. The van der Waals surface area contributed by atoms with Gasteiger partial charge in [0.25, 0.3) is 0 Å². The fourth-order valence-corrected chi connectivity index (χ4v) is 2.65. The topological polar surface area (TPSA) is 35.9 Å². The molecule has 0 radical (unpaired) electrons. The number of aliphatic hydroxyl groups is 1. The second kappa shape index (κ2) is 7.84. The molecule has 1 aromatic carbocycles. The van der Waals surface area contributed by atoms with Crippen molar-refractivity contribution in [2.24, 2.45) is 0 Å². The maximum atomic E-state index is 9.85. The highest BCUT2D eigenvalue weighted by atomic mass is 35.5. The van der Waals surface area contributed by atoms with Crippen LogP contribution in [0.3, 0.4) is 0 Å². The number of anilines is 1. The van der Waals surface area contributed by atoms with Crippen LogP contribution in [0.25, 0.3) is 0 Å². The Hall–Kier alpha value is -0.810. The van der Waals surface area contributed by atoms with Crippen molar-refractivity contribution in [1.82, 2.24) is 4.90 Å². The van der Waals surface area contributed by atoms with E-state index >= 15 is 0 Å². The monoisotopic (exact) mass is 298 g/mol. The molecular formula is C15H23ClN2O2. The molecule has 0 aliphatic carbocycles. The number of nitrogens with zero attached hydrogens (tertiary/aromatic N) is 2. The molecule has 1 N–H and O–H groups in total. The normalized spacial score (nSPS) is 18.2. The van der Waals surface area contributed by atoms with Crippen LogP contribution in [-0.4, -0.2) is 62.0 Å². The van der Waals surface area contributed by atoms with Gasteiger partial charge in [-0.25, -0.2) is 0 Å². The lowest BCUT2D eigenvalue weighted by molar-refractivity contribution is 0.0202. The first kappa shape index (κ1) is 15.6. The zero-order chi connectivity index (χ0) is 14.4. The molecule has 1 aliphatic heterocycles. The van der Waals surface area contributed by atoms with Gasteiger partial charge in [-0.2, -0.15) is 0 Å². The Morgan fingerprint density at radius 3 is 2.70 bits per heavy atom. The molecule has 0 aromatic heterocycles. The summed E-state index contributed by atoms with van der Waals surface area (Å²) in [5.41, 5.74) is 1.17. The van der Waals surface area contributed by atoms with Crippen LogP contribution >= 0.6 is 11.6 Å². The van der Waals surface area contributed by atoms with Crippen molar-refractivity contribution in [3.63, 3.8) is 0 Å². The van der Waals surface area contributed by atoms with E-state index in [9.17, 15) is 5.11 Å². The lowest BCUT2D eigenvalue weighted by Crippen LogP contribution is -2.49. The van der Waals surface area contributed by atoms with Crippen LogP contribution in [0.5, 0.6) is 0 Å². The number of ether oxygens (including phenoxy) is 1. The van der Waals surface area contributed by atoms with Crippen molar-refractivity contribution in [1.29, 1.82) is 0 Å². The third kappa shape index (κ3) is 4.63. The van der Waals surface area contributed by atoms with Gasteiger partial charge in [0.2, 0.25) is 0 Å². The number of hydrogen-bond acceptors (Lipinski definition) is 4. The summed E-state index contributed by atoms with van der Waals surface area (Å²) in [6.45, 7) is 7.53. The summed E-state index contributed by atoms with van der Waals surface area (Å²) in [6, 6.07) is 7.97. The maximum absolute atomic E-state index is 9.85. The van der Waals surface area contributed by atoms with E-state index in [4.69, 9.17) is 16.3 Å². The Balaban J connectivity index is 1.77. The van der Waals surface area contributed by atoms with Crippen molar-refractivity contribution < 1.29 is 9.84 Å². The van der Waals surface area contributed by atoms with E-state index in [1.807, 2.05) is 25.1 Å². The Morgan fingerprint density at radius 1 is 1.30 bits per heavy atom. The molecule has 1 aromatic rings. The smallest absolute Gasteiger partial charge is 0.0900 e. The molecule has 1 atom stereocenters. The number of piperazine rings is 1.